The summed E-state index contributed by atoms with van der Waals surface area (Å²) in [5, 5.41) is 14.7. The van der Waals surface area contributed by atoms with Gasteiger partial charge >= 0.3 is 0 Å². The Kier molecular flexibility index (Phi) is 5.24. The molecule has 1 N–H and O–H groups in total. The van der Waals surface area contributed by atoms with E-state index in [0.29, 0.717) is 49.1 Å². The number of hydrogen-bond acceptors (Lipinski definition) is 6. The molecule has 0 saturated heterocycles. The quantitative estimate of drug-likeness (QED) is 0.567. The van der Waals surface area contributed by atoms with Gasteiger partial charge in [0.05, 0.1) is 4.92 Å². The number of nitro groups is 1. The number of para-hydroxylation sites is 1. The van der Waals surface area contributed by atoms with E-state index in [1.807, 2.05) is 25.1 Å². The molecule has 0 spiro atoms. The van der Waals surface area contributed by atoms with E-state index in [1.165, 1.54) is 6.07 Å². The SMILES string of the molecule is CCN(Cc1cccc2c1OCCO2)C(=O)c1ccc(NC2CC2)c([N+](=O)[O-])c1. The molecule has 1 amide bonds. The van der Waals surface area contributed by atoms with Crippen LogP contribution in [0, 0.1) is 10.1 Å². The van der Waals surface area contributed by atoms with E-state index in [-0.39, 0.29) is 17.6 Å². The standard InChI is InChI=1S/C21H23N3O5/c1-2-23(13-15-4-3-5-19-20(15)29-11-10-28-19)21(25)14-6-9-17(22-16-7-8-16)18(12-14)24(26)27/h3-6,9,12,16,22H,2,7-8,10-11,13H2,1H3. The number of amides is 1. The molecule has 2 aromatic carbocycles. The molecule has 2 aliphatic rings. The Morgan fingerprint density at radius 3 is 2.76 bits per heavy atom. The lowest BCUT2D eigenvalue weighted by Gasteiger charge is -2.25. The first-order valence-corrected chi connectivity index (χ1v) is 9.78. The van der Waals surface area contributed by atoms with Crippen molar-refractivity contribution in [3.63, 3.8) is 0 Å². The Balaban J connectivity index is 1.57. The lowest BCUT2D eigenvalue weighted by Crippen LogP contribution is -2.31. The van der Waals surface area contributed by atoms with Crippen molar-refractivity contribution in [3.8, 4) is 11.5 Å². The van der Waals surface area contributed by atoms with Crippen LogP contribution < -0.4 is 14.8 Å². The van der Waals surface area contributed by atoms with Gasteiger partial charge < -0.3 is 19.7 Å². The molecule has 152 valence electrons. The average molecular weight is 397 g/mol. The maximum absolute atomic E-state index is 13.1. The Labute approximate surface area is 168 Å². The second kappa shape index (κ2) is 7.98. The number of carbonyl (C=O) groups is 1. The van der Waals surface area contributed by atoms with E-state index in [9.17, 15) is 14.9 Å². The third kappa shape index (κ3) is 4.11. The maximum atomic E-state index is 13.1. The second-order valence-corrected chi connectivity index (χ2v) is 7.17. The zero-order valence-electron chi connectivity index (χ0n) is 16.2. The van der Waals surface area contributed by atoms with Crippen molar-refractivity contribution in [3.05, 3.63) is 57.6 Å². The van der Waals surface area contributed by atoms with Crippen molar-refractivity contribution in [2.45, 2.75) is 32.4 Å². The zero-order valence-corrected chi connectivity index (χ0v) is 16.2. The molecule has 0 unspecified atom stereocenters. The number of nitrogens with zero attached hydrogens (tertiary/aromatic N) is 2. The van der Waals surface area contributed by atoms with Crippen molar-refractivity contribution >= 4 is 17.3 Å². The topological polar surface area (TPSA) is 93.9 Å². The van der Waals surface area contributed by atoms with Crippen LogP contribution >= 0.6 is 0 Å². The van der Waals surface area contributed by atoms with Crippen LogP contribution in [0.3, 0.4) is 0 Å². The third-order valence-corrected chi connectivity index (χ3v) is 5.06. The Hall–Kier alpha value is -3.29. The Bertz CT molecular complexity index is 942. The minimum Gasteiger partial charge on any atom is -0.486 e. The third-order valence-electron chi connectivity index (χ3n) is 5.06. The van der Waals surface area contributed by atoms with E-state index in [0.717, 1.165) is 18.4 Å². The fourth-order valence-electron chi connectivity index (χ4n) is 3.36. The van der Waals surface area contributed by atoms with Gasteiger partial charge in [-0.05, 0) is 38.0 Å². The van der Waals surface area contributed by atoms with E-state index < -0.39 is 4.92 Å². The highest BCUT2D eigenvalue weighted by Gasteiger charge is 2.27. The van der Waals surface area contributed by atoms with Gasteiger partial charge in [-0.1, -0.05) is 12.1 Å². The van der Waals surface area contributed by atoms with Crippen LogP contribution in [-0.2, 0) is 6.54 Å². The largest absolute Gasteiger partial charge is 0.486 e. The van der Waals surface area contributed by atoms with Crippen LogP contribution in [0.2, 0.25) is 0 Å². The summed E-state index contributed by atoms with van der Waals surface area (Å²) in [7, 11) is 0. The summed E-state index contributed by atoms with van der Waals surface area (Å²) in [5.74, 6) is 1.06. The Morgan fingerprint density at radius 1 is 1.24 bits per heavy atom. The molecule has 8 heteroatoms. The van der Waals surface area contributed by atoms with Gasteiger partial charge in [-0.3, -0.25) is 14.9 Å². The van der Waals surface area contributed by atoms with Crippen molar-refractivity contribution in [2.24, 2.45) is 0 Å². The summed E-state index contributed by atoms with van der Waals surface area (Å²) in [6.07, 6.45) is 2.02. The van der Waals surface area contributed by atoms with Crippen LogP contribution in [0.4, 0.5) is 11.4 Å². The van der Waals surface area contributed by atoms with Crippen LogP contribution in [0.5, 0.6) is 11.5 Å². The molecule has 29 heavy (non-hydrogen) atoms. The minimum absolute atomic E-state index is 0.0763. The number of nitro benzene ring substituents is 1. The number of hydrogen-bond donors (Lipinski definition) is 1. The lowest BCUT2D eigenvalue weighted by molar-refractivity contribution is -0.384. The number of nitrogens with one attached hydrogen (secondary N) is 1. The van der Waals surface area contributed by atoms with Gasteiger partial charge in [0.15, 0.2) is 11.5 Å². The first-order chi connectivity index (χ1) is 14.1. The van der Waals surface area contributed by atoms with E-state index >= 15 is 0 Å². The molecular weight excluding hydrogens is 374 g/mol. The second-order valence-electron chi connectivity index (χ2n) is 7.17. The fraction of sp³-hybridized carbons (Fsp3) is 0.381. The summed E-state index contributed by atoms with van der Waals surface area (Å²) in [5.41, 5.74) is 1.52. The summed E-state index contributed by atoms with van der Waals surface area (Å²) in [6, 6.07) is 10.5. The summed E-state index contributed by atoms with van der Waals surface area (Å²) < 4.78 is 11.3. The molecule has 0 radical (unpaired) electrons. The van der Waals surface area contributed by atoms with Crippen molar-refractivity contribution < 1.29 is 19.2 Å². The zero-order chi connectivity index (χ0) is 20.4. The molecule has 1 heterocycles. The molecule has 2 aromatic rings. The lowest BCUT2D eigenvalue weighted by atomic mass is 10.1. The van der Waals surface area contributed by atoms with Crippen LogP contribution in [0.1, 0.15) is 35.7 Å². The highest BCUT2D eigenvalue weighted by atomic mass is 16.6. The van der Waals surface area contributed by atoms with Gasteiger partial charge in [0.25, 0.3) is 11.6 Å². The van der Waals surface area contributed by atoms with E-state index in [1.54, 1.807) is 17.0 Å². The molecule has 1 aliphatic carbocycles. The van der Waals surface area contributed by atoms with Gasteiger partial charge in [-0.25, -0.2) is 0 Å². The van der Waals surface area contributed by atoms with Gasteiger partial charge in [0.1, 0.15) is 18.9 Å². The normalized spacial score (nSPS) is 14.9. The number of anilines is 1. The summed E-state index contributed by atoms with van der Waals surface area (Å²) in [4.78, 5) is 25.8. The molecule has 1 saturated carbocycles. The highest BCUT2D eigenvalue weighted by molar-refractivity contribution is 5.95. The van der Waals surface area contributed by atoms with E-state index in [2.05, 4.69) is 5.32 Å². The number of ether oxygens (including phenoxy) is 2. The Morgan fingerprint density at radius 2 is 2.03 bits per heavy atom. The summed E-state index contributed by atoms with van der Waals surface area (Å²) in [6.45, 7) is 3.63. The van der Waals surface area contributed by atoms with Crippen LogP contribution in [0.25, 0.3) is 0 Å². The molecule has 8 nitrogen and oxygen atoms in total. The first-order valence-electron chi connectivity index (χ1n) is 9.78. The number of rotatable bonds is 7. The molecule has 1 fully saturated rings. The first kappa shape index (κ1) is 19.0. The average Bonchev–Trinajstić information content (AvgIpc) is 3.55. The molecule has 0 aromatic heterocycles. The molecule has 1 aliphatic heterocycles. The molecule has 0 bridgehead atoms. The molecular formula is C21H23N3O5. The van der Waals surface area contributed by atoms with E-state index in [4.69, 9.17) is 9.47 Å². The molecule has 4 rings (SSSR count). The number of carbonyl (C=O) groups excluding carboxylic acids is 1. The number of benzene rings is 2. The van der Waals surface area contributed by atoms with Gasteiger partial charge in [0.2, 0.25) is 0 Å². The van der Waals surface area contributed by atoms with Crippen LogP contribution in [-0.4, -0.2) is 41.5 Å². The smallest absolute Gasteiger partial charge is 0.293 e. The number of fused-ring (bicyclic) bond motifs is 1. The van der Waals surface area contributed by atoms with Gasteiger partial charge in [0, 0.05) is 36.3 Å². The monoisotopic (exact) mass is 397 g/mol. The maximum Gasteiger partial charge on any atom is 0.293 e. The van der Waals surface area contributed by atoms with Crippen molar-refractivity contribution in [1.29, 1.82) is 0 Å². The van der Waals surface area contributed by atoms with Gasteiger partial charge in [-0.2, -0.15) is 0 Å². The van der Waals surface area contributed by atoms with Crippen molar-refractivity contribution in [2.75, 3.05) is 25.1 Å². The fourth-order valence-corrected chi connectivity index (χ4v) is 3.36. The summed E-state index contributed by atoms with van der Waals surface area (Å²) >= 11 is 0. The minimum atomic E-state index is -0.448. The predicted octanol–water partition coefficient (Wildman–Crippen LogP) is 3.60. The van der Waals surface area contributed by atoms with Crippen molar-refractivity contribution in [1.82, 2.24) is 4.90 Å². The highest BCUT2D eigenvalue weighted by Crippen LogP contribution is 2.35. The van der Waals surface area contributed by atoms with Crippen LogP contribution in [0.15, 0.2) is 36.4 Å². The molecule has 0 atom stereocenters. The predicted molar refractivity (Wildman–Crippen MR) is 108 cm³/mol. The van der Waals surface area contributed by atoms with Gasteiger partial charge in [-0.15, -0.1) is 0 Å².